The van der Waals surface area contributed by atoms with Crippen molar-refractivity contribution in [2.75, 3.05) is 26.8 Å². The number of carbonyl (C=O) groups is 2. The Morgan fingerprint density at radius 1 is 1.29 bits per heavy atom. The Morgan fingerprint density at radius 3 is 2.93 bits per heavy atom. The van der Waals surface area contributed by atoms with Crippen LogP contribution in [-0.4, -0.2) is 49.7 Å². The molecule has 1 fully saturated rings. The highest BCUT2D eigenvalue weighted by Crippen LogP contribution is 2.21. The van der Waals surface area contributed by atoms with Gasteiger partial charge in [0.25, 0.3) is 0 Å². The summed E-state index contributed by atoms with van der Waals surface area (Å²) >= 11 is 0. The highest BCUT2D eigenvalue weighted by molar-refractivity contribution is 5.89. The van der Waals surface area contributed by atoms with E-state index >= 15 is 0 Å². The van der Waals surface area contributed by atoms with Gasteiger partial charge < -0.3 is 20.3 Å². The summed E-state index contributed by atoms with van der Waals surface area (Å²) in [4.78, 5) is 26.7. The van der Waals surface area contributed by atoms with Gasteiger partial charge >= 0.3 is 6.03 Å². The number of carbonyl (C=O) groups excluding carboxylic acids is 2. The molecular formula is C22H25N3O3. The van der Waals surface area contributed by atoms with Crippen molar-refractivity contribution in [2.24, 2.45) is 0 Å². The number of nitrogens with one attached hydrogen (secondary N) is 2. The Labute approximate surface area is 165 Å². The van der Waals surface area contributed by atoms with E-state index < -0.39 is 6.04 Å². The molecule has 6 nitrogen and oxygen atoms in total. The molecule has 146 valence electrons. The molecule has 6 heteroatoms. The van der Waals surface area contributed by atoms with Crippen molar-refractivity contribution in [3.8, 4) is 12.3 Å². The molecular weight excluding hydrogens is 354 g/mol. The van der Waals surface area contributed by atoms with Crippen LogP contribution in [-0.2, 0) is 16.1 Å². The maximum absolute atomic E-state index is 12.7. The lowest BCUT2D eigenvalue weighted by Crippen LogP contribution is -2.49. The number of benzene rings is 2. The minimum atomic E-state index is -0.433. The number of urea groups is 1. The summed E-state index contributed by atoms with van der Waals surface area (Å²) in [7, 11) is 1.58. The number of fused-ring (bicyclic) bond motifs is 1. The van der Waals surface area contributed by atoms with Gasteiger partial charge in [0, 0.05) is 32.3 Å². The summed E-state index contributed by atoms with van der Waals surface area (Å²) in [6.07, 6.45) is 7.00. The van der Waals surface area contributed by atoms with Gasteiger partial charge in [0.15, 0.2) is 0 Å². The lowest BCUT2D eigenvalue weighted by Gasteiger charge is -2.24. The van der Waals surface area contributed by atoms with E-state index in [0.717, 1.165) is 28.3 Å². The number of nitrogens with zero attached hydrogens (tertiary/aromatic N) is 1. The summed E-state index contributed by atoms with van der Waals surface area (Å²) in [5.41, 5.74) is 1.79. The standard InChI is InChI=1S/C22H25N3O3/c1-3-16-9-10-17-6-4-7-18(19(17)14-16)15-24-22(27)25-12-5-8-20(25)21(26)23-11-13-28-2/h1,4,6-7,9-10,14,20H,5,8,11-13,15H2,2H3,(H,23,26)(H,24,27)/t20-/m0/s1. The molecule has 1 aliphatic rings. The summed E-state index contributed by atoms with van der Waals surface area (Å²) in [6.45, 7) is 1.84. The monoisotopic (exact) mass is 379 g/mol. The average Bonchev–Trinajstić information content (AvgIpc) is 3.21. The number of amides is 3. The molecule has 0 spiro atoms. The van der Waals surface area contributed by atoms with E-state index in [-0.39, 0.29) is 11.9 Å². The molecule has 2 aromatic carbocycles. The number of rotatable bonds is 6. The van der Waals surface area contributed by atoms with E-state index in [9.17, 15) is 9.59 Å². The predicted octanol–water partition coefficient (Wildman–Crippen LogP) is 2.26. The normalized spacial score (nSPS) is 16.0. The van der Waals surface area contributed by atoms with Crippen molar-refractivity contribution in [1.82, 2.24) is 15.5 Å². The molecule has 0 radical (unpaired) electrons. The van der Waals surface area contributed by atoms with Crippen LogP contribution >= 0.6 is 0 Å². The van der Waals surface area contributed by atoms with Gasteiger partial charge in [-0.25, -0.2) is 4.79 Å². The summed E-state index contributed by atoms with van der Waals surface area (Å²) in [5.74, 6) is 2.52. The van der Waals surface area contributed by atoms with Gasteiger partial charge in [-0.2, -0.15) is 0 Å². The fraction of sp³-hybridized carbons (Fsp3) is 0.364. The fourth-order valence-electron chi connectivity index (χ4n) is 3.53. The van der Waals surface area contributed by atoms with E-state index in [1.165, 1.54) is 0 Å². The average molecular weight is 379 g/mol. The van der Waals surface area contributed by atoms with Crippen LogP contribution in [0.2, 0.25) is 0 Å². The molecule has 1 saturated heterocycles. The third kappa shape index (κ3) is 4.44. The fourth-order valence-corrected chi connectivity index (χ4v) is 3.53. The second-order valence-corrected chi connectivity index (χ2v) is 6.79. The molecule has 0 saturated carbocycles. The first-order valence-electron chi connectivity index (χ1n) is 9.43. The molecule has 1 heterocycles. The number of terminal acetylenes is 1. The van der Waals surface area contributed by atoms with Crippen molar-refractivity contribution in [3.05, 3.63) is 47.5 Å². The van der Waals surface area contributed by atoms with Gasteiger partial charge in [0.2, 0.25) is 5.91 Å². The van der Waals surface area contributed by atoms with E-state index in [1.54, 1.807) is 12.0 Å². The predicted molar refractivity (Wildman–Crippen MR) is 109 cm³/mol. The zero-order valence-corrected chi connectivity index (χ0v) is 16.0. The zero-order valence-electron chi connectivity index (χ0n) is 16.0. The van der Waals surface area contributed by atoms with Crippen LogP contribution in [0.4, 0.5) is 4.79 Å². The maximum Gasteiger partial charge on any atom is 0.318 e. The highest BCUT2D eigenvalue weighted by atomic mass is 16.5. The summed E-state index contributed by atoms with van der Waals surface area (Å²) in [6, 6.07) is 11.1. The molecule has 1 atom stereocenters. The Hall–Kier alpha value is -3.04. The van der Waals surface area contributed by atoms with E-state index in [0.29, 0.717) is 32.7 Å². The van der Waals surface area contributed by atoms with Crippen LogP contribution in [0.5, 0.6) is 0 Å². The molecule has 0 bridgehead atoms. The van der Waals surface area contributed by atoms with Crippen LogP contribution in [0.3, 0.4) is 0 Å². The van der Waals surface area contributed by atoms with Crippen molar-refractivity contribution in [3.63, 3.8) is 0 Å². The zero-order chi connectivity index (χ0) is 19.9. The van der Waals surface area contributed by atoms with E-state index in [4.69, 9.17) is 11.2 Å². The number of hydrogen-bond donors (Lipinski definition) is 2. The van der Waals surface area contributed by atoms with Gasteiger partial charge in [-0.05, 0) is 41.3 Å². The first kappa shape index (κ1) is 19.7. The summed E-state index contributed by atoms with van der Waals surface area (Å²) in [5, 5.41) is 7.86. The quantitative estimate of drug-likeness (QED) is 0.597. The van der Waals surface area contributed by atoms with E-state index in [1.807, 2.05) is 36.4 Å². The first-order chi connectivity index (χ1) is 13.6. The van der Waals surface area contributed by atoms with Crippen LogP contribution in [0.15, 0.2) is 36.4 Å². The SMILES string of the molecule is C#Cc1ccc2cccc(CNC(=O)N3CCC[C@H]3C(=O)NCCOC)c2c1. The van der Waals surface area contributed by atoms with Crippen LogP contribution < -0.4 is 10.6 Å². The minimum absolute atomic E-state index is 0.131. The van der Waals surface area contributed by atoms with Gasteiger partial charge in [-0.15, -0.1) is 6.42 Å². The Bertz CT molecular complexity index is 904. The van der Waals surface area contributed by atoms with Crippen molar-refractivity contribution in [1.29, 1.82) is 0 Å². The molecule has 28 heavy (non-hydrogen) atoms. The molecule has 3 amide bonds. The molecule has 2 N–H and O–H groups in total. The first-order valence-corrected chi connectivity index (χ1v) is 9.43. The largest absolute Gasteiger partial charge is 0.383 e. The van der Waals surface area contributed by atoms with Crippen molar-refractivity contribution >= 4 is 22.7 Å². The molecule has 1 aliphatic heterocycles. The van der Waals surface area contributed by atoms with Gasteiger partial charge in [0.05, 0.1) is 6.61 Å². The van der Waals surface area contributed by atoms with Crippen LogP contribution in [0.1, 0.15) is 24.0 Å². The number of ether oxygens (including phenoxy) is 1. The van der Waals surface area contributed by atoms with E-state index in [2.05, 4.69) is 16.6 Å². The smallest absolute Gasteiger partial charge is 0.318 e. The van der Waals surface area contributed by atoms with Crippen molar-refractivity contribution in [2.45, 2.75) is 25.4 Å². The molecule has 0 aliphatic carbocycles. The van der Waals surface area contributed by atoms with Crippen molar-refractivity contribution < 1.29 is 14.3 Å². The number of methoxy groups -OCH3 is 1. The Kier molecular flexibility index (Phi) is 6.51. The van der Waals surface area contributed by atoms with Gasteiger partial charge in [0.1, 0.15) is 6.04 Å². The van der Waals surface area contributed by atoms with Crippen LogP contribution in [0, 0.1) is 12.3 Å². The second kappa shape index (κ2) is 9.25. The third-order valence-electron chi connectivity index (χ3n) is 4.99. The summed E-state index contributed by atoms with van der Waals surface area (Å²) < 4.78 is 4.95. The third-order valence-corrected chi connectivity index (χ3v) is 4.99. The Balaban J connectivity index is 1.66. The molecule has 3 rings (SSSR count). The second-order valence-electron chi connectivity index (χ2n) is 6.79. The van der Waals surface area contributed by atoms with Gasteiger partial charge in [-0.3, -0.25) is 4.79 Å². The topological polar surface area (TPSA) is 70.7 Å². The number of hydrogen-bond acceptors (Lipinski definition) is 3. The van der Waals surface area contributed by atoms with Gasteiger partial charge in [-0.1, -0.05) is 30.2 Å². The molecule has 0 aromatic heterocycles. The molecule has 0 unspecified atom stereocenters. The maximum atomic E-state index is 12.7. The Morgan fingerprint density at radius 2 is 2.14 bits per heavy atom. The lowest BCUT2D eigenvalue weighted by molar-refractivity contribution is -0.124. The minimum Gasteiger partial charge on any atom is -0.383 e. The van der Waals surface area contributed by atoms with Crippen LogP contribution in [0.25, 0.3) is 10.8 Å². The lowest BCUT2D eigenvalue weighted by atomic mass is 10.0. The number of likely N-dealkylation sites (tertiary alicyclic amines) is 1. The molecule has 2 aromatic rings. The highest BCUT2D eigenvalue weighted by Gasteiger charge is 2.33.